The summed E-state index contributed by atoms with van der Waals surface area (Å²) in [5, 5.41) is 19.6. The zero-order valence-electron chi connectivity index (χ0n) is 6.37. The van der Waals surface area contributed by atoms with Gasteiger partial charge < -0.3 is 10.2 Å². The molecule has 0 heterocycles. The molecule has 1 aromatic rings. The lowest BCUT2D eigenvalue weighted by Gasteiger charge is -1.95. The zero-order valence-corrected chi connectivity index (χ0v) is 7.95. The van der Waals surface area contributed by atoms with Crippen LogP contribution in [0.5, 0.6) is 0 Å². The topological polar surface area (TPSA) is 40.5 Å². The summed E-state index contributed by atoms with van der Waals surface area (Å²) in [4.78, 5) is 0. The van der Waals surface area contributed by atoms with Gasteiger partial charge in [-0.2, -0.15) is 0 Å². The molecule has 0 unspecified atom stereocenters. The smallest absolute Gasteiger partial charge is 0.0874 e. The van der Waals surface area contributed by atoms with Gasteiger partial charge in [0.25, 0.3) is 0 Å². The highest BCUT2D eigenvalue weighted by molar-refractivity contribution is 9.08. The Morgan fingerprint density at radius 3 is 2.50 bits per heavy atom. The van der Waals surface area contributed by atoms with E-state index >= 15 is 0 Å². The first-order valence-corrected chi connectivity index (χ1v) is 4.58. The van der Waals surface area contributed by atoms with E-state index in [0.717, 1.165) is 18.1 Å². The fourth-order valence-electron chi connectivity index (χ4n) is 1.02. The van der Waals surface area contributed by atoms with E-state index in [0.29, 0.717) is 15.8 Å². The molecule has 0 fully saturated rings. The Kier molecular flexibility index (Phi) is 3.17. The largest absolute Gasteiger partial charge is 0.515 e. The minimum Gasteiger partial charge on any atom is -0.515 e. The summed E-state index contributed by atoms with van der Waals surface area (Å²) in [6.07, 6.45) is 1.98. The van der Waals surface area contributed by atoms with Crippen LogP contribution in [0, 0.1) is 0 Å². The Hall–Kier alpha value is -0.960. The molecule has 0 atom stereocenters. The first-order chi connectivity index (χ1) is 5.83. The fourth-order valence-corrected chi connectivity index (χ4v) is 1.51. The molecule has 1 aromatic carbocycles. The molecule has 64 valence electrons. The molecular formula is C9H9BrO2. The van der Waals surface area contributed by atoms with E-state index < -0.39 is 0 Å². The van der Waals surface area contributed by atoms with Gasteiger partial charge in [-0.05, 0) is 5.56 Å². The van der Waals surface area contributed by atoms with Crippen molar-refractivity contribution in [3.63, 3.8) is 0 Å². The van der Waals surface area contributed by atoms with Crippen molar-refractivity contribution in [2.45, 2.75) is 5.33 Å². The highest BCUT2D eigenvalue weighted by Crippen LogP contribution is 1.95. The van der Waals surface area contributed by atoms with E-state index in [9.17, 15) is 0 Å². The summed E-state index contributed by atoms with van der Waals surface area (Å²) in [5.41, 5.74) is 0.945. The SMILES string of the molecule is OC=c1cccc(CBr)c1=CO. The number of benzene rings is 1. The molecule has 12 heavy (non-hydrogen) atoms. The van der Waals surface area contributed by atoms with Crippen LogP contribution in [0.3, 0.4) is 0 Å². The van der Waals surface area contributed by atoms with Crippen molar-refractivity contribution in [1.29, 1.82) is 0 Å². The van der Waals surface area contributed by atoms with Crippen molar-refractivity contribution < 1.29 is 10.2 Å². The van der Waals surface area contributed by atoms with E-state index in [2.05, 4.69) is 15.9 Å². The number of hydrogen-bond acceptors (Lipinski definition) is 2. The molecule has 0 aliphatic heterocycles. The Labute approximate surface area is 78.6 Å². The second-order valence-electron chi connectivity index (χ2n) is 2.31. The molecule has 0 spiro atoms. The molecule has 0 aliphatic carbocycles. The van der Waals surface area contributed by atoms with Gasteiger partial charge >= 0.3 is 0 Å². The van der Waals surface area contributed by atoms with E-state index in [-0.39, 0.29) is 0 Å². The second kappa shape index (κ2) is 4.16. The predicted octanol–water partition coefficient (Wildman–Crippen LogP) is 1.17. The summed E-state index contributed by atoms with van der Waals surface area (Å²) in [6, 6.07) is 5.43. The van der Waals surface area contributed by atoms with Crippen molar-refractivity contribution in [3.05, 3.63) is 34.2 Å². The van der Waals surface area contributed by atoms with Crippen LogP contribution in [-0.2, 0) is 5.33 Å². The lowest BCUT2D eigenvalue weighted by molar-refractivity contribution is 0.532. The first-order valence-electron chi connectivity index (χ1n) is 3.46. The summed E-state index contributed by atoms with van der Waals surface area (Å²) in [7, 11) is 0. The van der Waals surface area contributed by atoms with Gasteiger partial charge in [0.2, 0.25) is 0 Å². The number of hydrogen-bond donors (Lipinski definition) is 2. The van der Waals surface area contributed by atoms with Gasteiger partial charge in [-0.1, -0.05) is 34.1 Å². The van der Waals surface area contributed by atoms with Crippen molar-refractivity contribution >= 4 is 28.5 Å². The van der Waals surface area contributed by atoms with Crippen molar-refractivity contribution in [1.82, 2.24) is 0 Å². The van der Waals surface area contributed by atoms with Gasteiger partial charge in [-0.3, -0.25) is 0 Å². The maximum absolute atomic E-state index is 8.88. The van der Waals surface area contributed by atoms with Crippen LogP contribution >= 0.6 is 15.9 Å². The Bertz CT molecular complexity index is 371. The minimum absolute atomic E-state index is 0.620. The number of halogens is 1. The Balaban J connectivity index is 3.56. The van der Waals surface area contributed by atoms with Crippen LogP contribution in [-0.4, -0.2) is 10.2 Å². The molecule has 0 amide bonds. The normalized spacial score (nSPS) is 13.8. The third-order valence-corrected chi connectivity index (χ3v) is 2.25. The average molecular weight is 229 g/mol. The van der Waals surface area contributed by atoms with Gasteiger partial charge in [0.15, 0.2) is 0 Å². The third-order valence-electron chi connectivity index (χ3n) is 1.64. The van der Waals surface area contributed by atoms with Crippen LogP contribution in [0.1, 0.15) is 5.56 Å². The molecule has 0 aliphatic rings. The Morgan fingerprint density at radius 2 is 2.00 bits per heavy atom. The lowest BCUT2D eigenvalue weighted by Crippen LogP contribution is -2.27. The molecule has 0 bridgehead atoms. The number of rotatable bonds is 1. The molecule has 1 rings (SSSR count). The molecular weight excluding hydrogens is 220 g/mol. The summed E-state index contributed by atoms with van der Waals surface area (Å²) >= 11 is 3.29. The maximum atomic E-state index is 8.88. The van der Waals surface area contributed by atoms with Crippen LogP contribution in [0.2, 0.25) is 0 Å². The molecule has 3 heteroatoms. The Morgan fingerprint density at radius 1 is 1.25 bits per heavy atom. The van der Waals surface area contributed by atoms with Crippen LogP contribution in [0.15, 0.2) is 18.2 Å². The predicted molar refractivity (Wildman–Crippen MR) is 52.5 cm³/mol. The second-order valence-corrected chi connectivity index (χ2v) is 2.87. The van der Waals surface area contributed by atoms with E-state index in [1.54, 1.807) is 6.07 Å². The highest BCUT2D eigenvalue weighted by Gasteiger charge is 1.93. The molecule has 0 radical (unpaired) electrons. The monoisotopic (exact) mass is 228 g/mol. The van der Waals surface area contributed by atoms with Gasteiger partial charge in [-0.15, -0.1) is 0 Å². The third kappa shape index (κ3) is 1.61. The van der Waals surface area contributed by atoms with Crippen LogP contribution in [0.25, 0.3) is 12.5 Å². The minimum atomic E-state index is 0.620. The average Bonchev–Trinajstić information content (AvgIpc) is 2.16. The van der Waals surface area contributed by atoms with Gasteiger partial charge in [0, 0.05) is 15.8 Å². The summed E-state index contributed by atoms with van der Waals surface area (Å²) in [5.74, 6) is 0. The number of aliphatic hydroxyl groups is 2. The molecule has 0 aromatic heterocycles. The van der Waals surface area contributed by atoms with Crippen LogP contribution < -0.4 is 10.4 Å². The van der Waals surface area contributed by atoms with Crippen molar-refractivity contribution in [2.24, 2.45) is 0 Å². The van der Waals surface area contributed by atoms with Crippen molar-refractivity contribution in [3.8, 4) is 0 Å². The first kappa shape index (κ1) is 9.13. The molecule has 0 saturated heterocycles. The molecule has 2 nitrogen and oxygen atoms in total. The summed E-state index contributed by atoms with van der Waals surface area (Å²) in [6.45, 7) is 0. The van der Waals surface area contributed by atoms with Gasteiger partial charge in [0.1, 0.15) is 0 Å². The standard InChI is InChI=1S/C9H9BrO2/c10-4-7-2-1-3-8(5-11)9(7)6-12/h1-3,5-6,11-12H,4H2. The van der Waals surface area contributed by atoms with E-state index in [1.165, 1.54) is 0 Å². The molecule has 0 saturated carbocycles. The zero-order chi connectivity index (χ0) is 8.97. The quantitative estimate of drug-likeness (QED) is 0.709. The number of aliphatic hydroxyl groups excluding tert-OH is 2. The van der Waals surface area contributed by atoms with Gasteiger partial charge in [-0.25, -0.2) is 0 Å². The summed E-state index contributed by atoms with van der Waals surface area (Å²) < 4.78 is 0. The van der Waals surface area contributed by atoms with E-state index in [4.69, 9.17) is 10.2 Å². The fraction of sp³-hybridized carbons (Fsp3) is 0.111. The maximum Gasteiger partial charge on any atom is 0.0874 e. The van der Waals surface area contributed by atoms with E-state index in [1.807, 2.05) is 12.1 Å². The number of alkyl halides is 1. The van der Waals surface area contributed by atoms with Crippen molar-refractivity contribution in [2.75, 3.05) is 0 Å². The molecule has 2 N–H and O–H groups in total. The van der Waals surface area contributed by atoms with Gasteiger partial charge in [0.05, 0.1) is 12.5 Å². The highest BCUT2D eigenvalue weighted by atomic mass is 79.9. The lowest BCUT2D eigenvalue weighted by atomic mass is 10.1. The van der Waals surface area contributed by atoms with Crippen LogP contribution in [0.4, 0.5) is 0 Å².